The van der Waals surface area contributed by atoms with Gasteiger partial charge in [0.25, 0.3) is 0 Å². The van der Waals surface area contributed by atoms with E-state index in [1.54, 1.807) is 7.11 Å². The second-order valence-corrected chi connectivity index (χ2v) is 5.24. The van der Waals surface area contributed by atoms with Crippen LogP contribution in [0, 0.1) is 5.92 Å². The zero-order chi connectivity index (χ0) is 13.1. The van der Waals surface area contributed by atoms with E-state index in [1.807, 2.05) is 31.2 Å². The van der Waals surface area contributed by atoms with E-state index < -0.39 is 0 Å². The number of amides is 1. The molecular weight excluding hydrogens is 250 g/mol. The number of halogens is 1. The van der Waals surface area contributed by atoms with Gasteiger partial charge in [-0.2, -0.15) is 0 Å². The minimum absolute atomic E-state index is 0.0509. The number of carbonyl (C=O) groups is 1. The van der Waals surface area contributed by atoms with E-state index in [0.29, 0.717) is 6.61 Å². The minimum atomic E-state index is 0.0509. The van der Waals surface area contributed by atoms with Crippen molar-refractivity contribution >= 4 is 17.5 Å². The fourth-order valence-corrected chi connectivity index (χ4v) is 2.52. The van der Waals surface area contributed by atoms with E-state index in [4.69, 9.17) is 16.3 Å². The number of ether oxygens (including phenoxy) is 1. The largest absolute Gasteiger partial charge is 0.383 e. The molecular formula is C14H18ClNO2. The Morgan fingerprint density at radius 1 is 1.56 bits per heavy atom. The summed E-state index contributed by atoms with van der Waals surface area (Å²) in [7, 11) is 1.63. The van der Waals surface area contributed by atoms with Crippen molar-refractivity contribution in [2.24, 2.45) is 5.92 Å². The number of hydrogen-bond acceptors (Lipinski definition) is 2. The van der Waals surface area contributed by atoms with E-state index in [0.717, 1.165) is 17.0 Å². The van der Waals surface area contributed by atoms with Crippen molar-refractivity contribution in [3.05, 3.63) is 34.9 Å². The number of carbonyl (C=O) groups excluding carboxylic acids is 1. The monoisotopic (exact) mass is 267 g/mol. The summed E-state index contributed by atoms with van der Waals surface area (Å²) >= 11 is 6.13. The summed E-state index contributed by atoms with van der Waals surface area (Å²) < 4.78 is 5.00. The Balaban J connectivity index is 1.91. The summed E-state index contributed by atoms with van der Waals surface area (Å²) in [5.74, 6) is 0.433. The van der Waals surface area contributed by atoms with Crippen molar-refractivity contribution in [1.82, 2.24) is 5.32 Å². The maximum atomic E-state index is 12.0. The van der Waals surface area contributed by atoms with Gasteiger partial charge in [0.2, 0.25) is 5.91 Å². The maximum absolute atomic E-state index is 12.0. The quantitative estimate of drug-likeness (QED) is 0.891. The molecule has 0 aromatic heterocycles. The van der Waals surface area contributed by atoms with Gasteiger partial charge >= 0.3 is 0 Å². The molecule has 2 rings (SSSR count). The van der Waals surface area contributed by atoms with Crippen molar-refractivity contribution in [1.29, 1.82) is 0 Å². The molecule has 4 heteroatoms. The molecule has 1 N–H and O–H groups in total. The summed E-state index contributed by atoms with van der Waals surface area (Å²) in [5, 5.41) is 3.71. The topological polar surface area (TPSA) is 38.3 Å². The first-order valence-corrected chi connectivity index (χ1v) is 6.55. The smallest absolute Gasteiger partial charge is 0.224 e. The molecule has 1 saturated carbocycles. The molecule has 1 aliphatic carbocycles. The lowest BCUT2D eigenvalue weighted by Gasteiger charge is -2.12. The maximum Gasteiger partial charge on any atom is 0.224 e. The second kappa shape index (κ2) is 5.72. The van der Waals surface area contributed by atoms with Gasteiger partial charge in [-0.1, -0.05) is 29.8 Å². The van der Waals surface area contributed by atoms with E-state index >= 15 is 0 Å². The lowest BCUT2D eigenvalue weighted by Crippen LogP contribution is -2.36. The van der Waals surface area contributed by atoms with Crippen LogP contribution in [0.15, 0.2) is 24.3 Å². The van der Waals surface area contributed by atoms with Crippen LogP contribution in [0.2, 0.25) is 5.02 Å². The molecule has 1 aromatic carbocycles. The Morgan fingerprint density at radius 2 is 2.28 bits per heavy atom. The van der Waals surface area contributed by atoms with Crippen LogP contribution in [0.1, 0.15) is 24.8 Å². The van der Waals surface area contributed by atoms with Crippen LogP contribution in [0.25, 0.3) is 0 Å². The van der Waals surface area contributed by atoms with Crippen molar-refractivity contribution < 1.29 is 9.53 Å². The summed E-state index contributed by atoms with van der Waals surface area (Å²) in [6.45, 7) is 2.48. The molecule has 0 spiro atoms. The van der Waals surface area contributed by atoms with Crippen molar-refractivity contribution in [2.45, 2.75) is 25.3 Å². The molecule has 1 amide bonds. The predicted molar refractivity (Wildman–Crippen MR) is 71.8 cm³/mol. The first-order valence-electron chi connectivity index (χ1n) is 6.17. The second-order valence-electron chi connectivity index (χ2n) is 4.84. The van der Waals surface area contributed by atoms with E-state index in [2.05, 4.69) is 5.32 Å². The predicted octanol–water partition coefficient (Wildman–Crippen LogP) is 2.59. The number of hydrogen-bond donors (Lipinski definition) is 1. The van der Waals surface area contributed by atoms with E-state index in [9.17, 15) is 4.79 Å². The molecule has 0 radical (unpaired) electrons. The van der Waals surface area contributed by atoms with Gasteiger partial charge in [-0.05, 0) is 30.9 Å². The molecule has 1 fully saturated rings. The van der Waals surface area contributed by atoms with Crippen molar-refractivity contribution in [3.63, 3.8) is 0 Å². The highest BCUT2D eigenvalue weighted by molar-refractivity contribution is 6.31. The van der Waals surface area contributed by atoms with Crippen molar-refractivity contribution in [2.75, 3.05) is 13.7 Å². The molecule has 3 nitrogen and oxygen atoms in total. The zero-order valence-electron chi connectivity index (χ0n) is 10.7. The van der Waals surface area contributed by atoms with Crippen LogP contribution in [-0.4, -0.2) is 25.7 Å². The third kappa shape index (κ3) is 3.03. The molecule has 0 aliphatic heterocycles. The van der Waals surface area contributed by atoms with Gasteiger partial charge in [0.05, 0.1) is 6.61 Å². The average Bonchev–Trinajstić information content (AvgIpc) is 3.10. The highest BCUT2D eigenvalue weighted by atomic mass is 35.5. The molecule has 0 bridgehead atoms. The van der Waals surface area contributed by atoms with Crippen LogP contribution in [0.4, 0.5) is 0 Å². The van der Waals surface area contributed by atoms with Crippen LogP contribution in [-0.2, 0) is 9.53 Å². The molecule has 1 aliphatic rings. The molecule has 0 heterocycles. The van der Waals surface area contributed by atoms with Crippen LogP contribution >= 0.6 is 11.6 Å². The number of nitrogens with one attached hydrogen (secondary N) is 1. The Hall–Kier alpha value is -1.06. The van der Waals surface area contributed by atoms with Crippen LogP contribution in [0.3, 0.4) is 0 Å². The highest BCUT2D eigenvalue weighted by Crippen LogP contribution is 2.49. The van der Waals surface area contributed by atoms with Gasteiger partial charge in [-0.25, -0.2) is 0 Å². The number of benzene rings is 1. The molecule has 3 atom stereocenters. The van der Waals surface area contributed by atoms with Gasteiger partial charge in [-0.15, -0.1) is 0 Å². The molecule has 98 valence electrons. The summed E-state index contributed by atoms with van der Waals surface area (Å²) in [6.07, 6.45) is 0.884. The fraction of sp³-hybridized carbons (Fsp3) is 0.500. The normalized spacial score (nSPS) is 23.5. The summed E-state index contributed by atoms with van der Waals surface area (Å²) in [5.41, 5.74) is 1.08. The molecule has 1 aromatic rings. The van der Waals surface area contributed by atoms with Gasteiger partial charge in [-0.3, -0.25) is 4.79 Å². The van der Waals surface area contributed by atoms with Crippen LogP contribution < -0.4 is 5.32 Å². The van der Waals surface area contributed by atoms with Gasteiger partial charge in [0.1, 0.15) is 0 Å². The Morgan fingerprint density at radius 3 is 2.94 bits per heavy atom. The summed E-state index contributed by atoms with van der Waals surface area (Å²) in [6, 6.07) is 7.79. The third-order valence-corrected chi connectivity index (χ3v) is 3.58. The summed E-state index contributed by atoms with van der Waals surface area (Å²) in [4.78, 5) is 12.0. The molecule has 0 saturated heterocycles. The lowest BCUT2D eigenvalue weighted by molar-refractivity contribution is -0.123. The van der Waals surface area contributed by atoms with Crippen LogP contribution in [0.5, 0.6) is 0 Å². The third-order valence-electron chi connectivity index (χ3n) is 3.24. The van der Waals surface area contributed by atoms with E-state index in [-0.39, 0.29) is 23.8 Å². The number of rotatable bonds is 5. The highest BCUT2D eigenvalue weighted by Gasteiger charge is 2.44. The Labute approximate surface area is 112 Å². The van der Waals surface area contributed by atoms with Gasteiger partial charge in [0.15, 0.2) is 0 Å². The first-order chi connectivity index (χ1) is 8.63. The van der Waals surface area contributed by atoms with Crippen molar-refractivity contribution in [3.8, 4) is 0 Å². The van der Waals surface area contributed by atoms with E-state index in [1.165, 1.54) is 0 Å². The van der Waals surface area contributed by atoms with Gasteiger partial charge < -0.3 is 10.1 Å². The van der Waals surface area contributed by atoms with Gasteiger partial charge in [0, 0.05) is 24.1 Å². The lowest BCUT2D eigenvalue weighted by atomic mass is 10.1. The average molecular weight is 268 g/mol. The minimum Gasteiger partial charge on any atom is -0.383 e. The fourth-order valence-electron chi connectivity index (χ4n) is 2.25. The number of methoxy groups -OCH3 is 1. The molecule has 3 unspecified atom stereocenters. The Bertz CT molecular complexity index is 436. The SMILES string of the molecule is COCC(C)NC(=O)C1CC1c1ccccc1Cl. The standard InChI is InChI=1S/C14H18ClNO2/c1-9(8-18-2)16-14(17)12-7-11(12)10-5-3-4-6-13(10)15/h3-6,9,11-12H,7-8H2,1-2H3,(H,16,17). The first kappa shape index (κ1) is 13.4. The zero-order valence-corrected chi connectivity index (χ0v) is 11.4. The Kier molecular flexibility index (Phi) is 4.25. The molecule has 18 heavy (non-hydrogen) atoms.